The van der Waals surface area contributed by atoms with Crippen molar-refractivity contribution in [2.45, 2.75) is 13.0 Å². The summed E-state index contributed by atoms with van der Waals surface area (Å²) in [5, 5.41) is 6.19. The van der Waals surface area contributed by atoms with Gasteiger partial charge in [0.2, 0.25) is 0 Å². The summed E-state index contributed by atoms with van der Waals surface area (Å²) in [5.41, 5.74) is 2.16. The van der Waals surface area contributed by atoms with E-state index in [1.807, 2.05) is 42.5 Å². The number of ether oxygens (including phenoxy) is 2. The second kappa shape index (κ2) is 8.74. The highest BCUT2D eigenvalue weighted by Crippen LogP contribution is 2.28. The molecule has 4 rings (SSSR count). The quantitative estimate of drug-likeness (QED) is 0.532. The van der Waals surface area contributed by atoms with Gasteiger partial charge in [0.1, 0.15) is 12.3 Å². The third-order valence-corrected chi connectivity index (χ3v) is 4.88. The zero-order chi connectivity index (χ0) is 21.8. The van der Waals surface area contributed by atoms with Crippen molar-refractivity contribution in [1.29, 1.82) is 0 Å². The molecule has 0 aliphatic carbocycles. The number of H-pyrrole nitrogens is 1. The molecule has 3 aromatic rings. The van der Waals surface area contributed by atoms with Crippen LogP contribution in [0.2, 0.25) is 0 Å². The van der Waals surface area contributed by atoms with Crippen LogP contribution in [0.25, 0.3) is 10.9 Å². The lowest BCUT2D eigenvalue weighted by molar-refractivity contribution is -0.139. The molecular formula is C23H21N3O5. The van der Waals surface area contributed by atoms with Crippen LogP contribution in [-0.4, -0.2) is 36.2 Å². The molecule has 8 nitrogen and oxygen atoms in total. The molecule has 0 fully saturated rings. The number of carbonyl (C=O) groups is 3. The van der Waals surface area contributed by atoms with Crippen molar-refractivity contribution in [3.05, 3.63) is 83.2 Å². The number of urea groups is 1. The molecule has 2 amide bonds. The molecule has 1 atom stereocenters. The number of hydrogen-bond acceptors (Lipinski definition) is 5. The molecule has 1 aliphatic rings. The molecule has 0 unspecified atom stereocenters. The van der Waals surface area contributed by atoms with E-state index in [-0.39, 0.29) is 30.2 Å². The molecule has 31 heavy (non-hydrogen) atoms. The van der Waals surface area contributed by atoms with Gasteiger partial charge in [-0.2, -0.15) is 0 Å². The lowest BCUT2D eigenvalue weighted by atomic mass is 9.95. The van der Waals surface area contributed by atoms with E-state index in [4.69, 9.17) is 9.47 Å². The molecule has 0 saturated carbocycles. The standard InChI is InChI=1S/C23H21N3O5/c1-2-30-22(28)19-18(25-23(29)26-20(19)14-8-4-3-5-9-14)13-31-21(27)17-12-15-10-6-7-11-16(15)24-17/h3-12,20,24H,2,13H2,1H3,(H2,25,26,29)/t20-/m1/s1. The number of fused-ring (bicyclic) bond motifs is 1. The lowest BCUT2D eigenvalue weighted by Gasteiger charge is -2.29. The highest BCUT2D eigenvalue weighted by molar-refractivity contribution is 5.96. The average molecular weight is 419 g/mol. The van der Waals surface area contributed by atoms with Crippen LogP contribution >= 0.6 is 0 Å². The summed E-state index contributed by atoms with van der Waals surface area (Å²) in [7, 11) is 0. The highest BCUT2D eigenvalue weighted by Gasteiger charge is 2.34. The monoisotopic (exact) mass is 419 g/mol. The minimum atomic E-state index is -0.726. The normalized spacial score (nSPS) is 15.9. The maximum absolute atomic E-state index is 12.7. The Morgan fingerprint density at radius 1 is 0.968 bits per heavy atom. The zero-order valence-electron chi connectivity index (χ0n) is 16.8. The Hall–Kier alpha value is -4.07. The Balaban J connectivity index is 1.62. The summed E-state index contributed by atoms with van der Waals surface area (Å²) in [6.45, 7) is 1.57. The van der Waals surface area contributed by atoms with Crippen LogP contribution in [0.1, 0.15) is 29.0 Å². The number of carbonyl (C=O) groups excluding carboxylic acids is 3. The minimum Gasteiger partial charge on any atom is -0.463 e. The summed E-state index contributed by atoms with van der Waals surface area (Å²) in [5.74, 6) is -1.20. The van der Waals surface area contributed by atoms with Crippen LogP contribution < -0.4 is 10.6 Å². The number of aromatic nitrogens is 1. The minimum absolute atomic E-state index is 0.167. The number of nitrogens with one attached hydrogen (secondary N) is 3. The molecule has 0 radical (unpaired) electrons. The summed E-state index contributed by atoms with van der Waals surface area (Å²) in [6.07, 6.45) is 0. The maximum Gasteiger partial charge on any atom is 0.355 e. The number of rotatable bonds is 6. The van der Waals surface area contributed by atoms with Crippen LogP contribution in [0.4, 0.5) is 4.79 Å². The number of benzene rings is 2. The van der Waals surface area contributed by atoms with E-state index in [9.17, 15) is 14.4 Å². The predicted molar refractivity (Wildman–Crippen MR) is 113 cm³/mol. The van der Waals surface area contributed by atoms with Gasteiger partial charge in [0.25, 0.3) is 0 Å². The van der Waals surface area contributed by atoms with Gasteiger partial charge in [0, 0.05) is 10.9 Å². The smallest absolute Gasteiger partial charge is 0.355 e. The number of para-hydroxylation sites is 1. The Bertz CT molecular complexity index is 1130. The van der Waals surface area contributed by atoms with Crippen molar-refractivity contribution in [1.82, 2.24) is 15.6 Å². The zero-order valence-corrected chi connectivity index (χ0v) is 16.8. The lowest BCUT2D eigenvalue weighted by Crippen LogP contribution is -2.47. The first-order valence-corrected chi connectivity index (χ1v) is 9.84. The summed E-state index contributed by atoms with van der Waals surface area (Å²) in [4.78, 5) is 40.5. The van der Waals surface area contributed by atoms with Gasteiger partial charge in [0.15, 0.2) is 0 Å². The van der Waals surface area contributed by atoms with Gasteiger partial charge in [-0.25, -0.2) is 14.4 Å². The van der Waals surface area contributed by atoms with Gasteiger partial charge < -0.3 is 25.1 Å². The molecule has 3 N–H and O–H groups in total. The van der Waals surface area contributed by atoms with Gasteiger partial charge in [-0.05, 0) is 24.6 Å². The molecule has 2 heterocycles. The third-order valence-electron chi connectivity index (χ3n) is 4.88. The molecular weight excluding hydrogens is 398 g/mol. The number of amides is 2. The van der Waals surface area contributed by atoms with Crippen LogP contribution in [0.5, 0.6) is 0 Å². The Kier molecular flexibility index (Phi) is 5.70. The Labute approximate surface area is 178 Å². The third kappa shape index (κ3) is 4.28. The first kappa shape index (κ1) is 20.2. The topological polar surface area (TPSA) is 110 Å². The molecule has 0 saturated heterocycles. The summed E-state index contributed by atoms with van der Waals surface area (Å²) in [6, 6.07) is 17.0. The number of aromatic amines is 1. The van der Waals surface area contributed by atoms with Crippen molar-refractivity contribution < 1.29 is 23.9 Å². The molecule has 158 valence electrons. The summed E-state index contributed by atoms with van der Waals surface area (Å²) < 4.78 is 10.6. The fourth-order valence-electron chi connectivity index (χ4n) is 3.48. The predicted octanol–water partition coefficient (Wildman–Crippen LogP) is 3.20. The summed E-state index contributed by atoms with van der Waals surface area (Å²) >= 11 is 0. The first-order chi connectivity index (χ1) is 15.1. The Morgan fingerprint density at radius 3 is 2.45 bits per heavy atom. The first-order valence-electron chi connectivity index (χ1n) is 9.84. The van der Waals surface area contributed by atoms with Crippen molar-refractivity contribution in [3.8, 4) is 0 Å². The Morgan fingerprint density at radius 2 is 1.71 bits per heavy atom. The van der Waals surface area contributed by atoms with E-state index in [1.54, 1.807) is 25.1 Å². The second-order valence-electron chi connectivity index (χ2n) is 6.90. The maximum atomic E-state index is 12.7. The van der Waals surface area contributed by atoms with Crippen molar-refractivity contribution in [2.24, 2.45) is 0 Å². The van der Waals surface area contributed by atoms with E-state index >= 15 is 0 Å². The molecule has 0 spiro atoms. The highest BCUT2D eigenvalue weighted by atomic mass is 16.5. The number of hydrogen-bond donors (Lipinski definition) is 3. The molecule has 0 bridgehead atoms. The van der Waals surface area contributed by atoms with Gasteiger partial charge >= 0.3 is 18.0 Å². The average Bonchev–Trinajstić information content (AvgIpc) is 3.22. The molecule has 1 aromatic heterocycles. The molecule has 2 aromatic carbocycles. The van der Waals surface area contributed by atoms with Gasteiger partial charge in [-0.3, -0.25) is 0 Å². The van der Waals surface area contributed by atoms with Gasteiger partial charge in [-0.15, -0.1) is 0 Å². The van der Waals surface area contributed by atoms with E-state index in [1.165, 1.54) is 0 Å². The van der Waals surface area contributed by atoms with E-state index in [0.717, 1.165) is 10.9 Å². The van der Waals surface area contributed by atoms with Crippen molar-refractivity contribution in [3.63, 3.8) is 0 Å². The molecule has 1 aliphatic heterocycles. The fraction of sp³-hybridized carbons (Fsp3) is 0.174. The second-order valence-corrected chi connectivity index (χ2v) is 6.90. The number of esters is 2. The van der Waals surface area contributed by atoms with Gasteiger partial charge in [-0.1, -0.05) is 48.5 Å². The SMILES string of the molecule is CCOC(=O)C1=C(COC(=O)c2cc3ccccc3[nH]2)NC(=O)N[C@@H]1c1ccccc1. The van der Waals surface area contributed by atoms with Crippen LogP contribution in [0.3, 0.4) is 0 Å². The fourth-order valence-corrected chi connectivity index (χ4v) is 3.48. The van der Waals surface area contributed by atoms with Crippen LogP contribution in [0, 0.1) is 0 Å². The van der Waals surface area contributed by atoms with Crippen LogP contribution in [-0.2, 0) is 14.3 Å². The van der Waals surface area contributed by atoms with Crippen molar-refractivity contribution in [2.75, 3.05) is 13.2 Å². The van der Waals surface area contributed by atoms with Crippen LogP contribution in [0.15, 0.2) is 71.9 Å². The van der Waals surface area contributed by atoms with E-state index < -0.39 is 24.0 Å². The largest absolute Gasteiger partial charge is 0.463 e. The molecule has 8 heteroatoms. The van der Waals surface area contributed by atoms with E-state index in [2.05, 4.69) is 15.6 Å². The van der Waals surface area contributed by atoms with Crippen molar-refractivity contribution >= 4 is 28.9 Å². The van der Waals surface area contributed by atoms with E-state index in [0.29, 0.717) is 5.56 Å². The van der Waals surface area contributed by atoms with Gasteiger partial charge in [0.05, 0.1) is 23.9 Å².